The van der Waals surface area contributed by atoms with Crippen LogP contribution < -0.4 is 4.74 Å². The normalized spacial score (nSPS) is 11.4. The van der Waals surface area contributed by atoms with Crippen molar-refractivity contribution in [1.82, 2.24) is 0 Å². The predicted molar refractivity (Wildman–Crippen MR) is 109 cm³/mol. The van der Waals surface area contributed by atoms with Crippen LogP contribution in [-0.4, -0.2) is 6.61 Å². The van der Waals surface area contributed by atoms with Crippen molar-refractivity contribution >= 4 is 10.8 Å². The summed E-state index contributed by atoms with van der Waals surface area (Å²) in [6.07, 6.45) is 4.94. The van der Waals surface area contributed by atoms with Crippen molar-refractivity contribution in [2.75, 3.05) is 0 Å². The van der Waals surface area contributed by atoms with Crippen LogP contribution in [0, 0.1) is 5.82 Å². The van der Waals surface area contributed by atoms with Gasteiger partial charge in [0.1, 0.15) is 11.6 Å². The molecule has 0 spiro atoms. The number of hydrogen-bond donors (Lipinski definition) is 0. The number of benzene rings is 3. The zero-order valence-electron chi connectivity index (χ0n) is 16.3. The molecule has 148 valence electrons. The molecule has 0 fully saturated rings. The van der Waals surface area contributed by atoms with Gasteiger partial charge in [0.2, 0.25) is 0 Å². The van der Waals surface area contributed by atoms with Gasteiger partial charge in [-0.2, -0.15) is 8.78 Å². The minimum absolute atomic E-state index is 0.0917. The highest BCUT2D eigenvalue weighted by atomic mass is 19.3. The number of ether oxygens (including phenoxy) is 1. The van der Waals surface area contributed by atoms with E-state index in [1.165, 1.54) is 30.9 Å². The number of halogens is 3. The van der Waals surface area contributed by atoms with Crippen molar-refractivity contribution in [2.45, 2.75) is 52.6 Å². The minimum atomic E-state index is -2.98. The Hall–Kier alpha value is -2.49. The molecule has 1 nitrogen and oxygen atoms in total. The van der Waals surface area contributed by atoms with Gasteiger partial charge < -0.3 is 4.74 Å². The first-order valence-corrected chi connectivity index (χ1v) is 9.82. The van der Waals surface area contributed by atoms with Crippen LogP contribution in [0.5, 0.6) is 5.75 Å². The molecule has 0 amide bonds. The highest BCUT2D eigenvalue weighted by Crippen LogP contribution is 2.34. The molecule has 28 heavy (non-hydrogen) atoms. The highest BCUT2D eigenvalue weighted by molar-refractivity contribution is 5.90. The Morgan fingerprint density at radius 2 is 1.61 bits per heavy atom. The zero-order valence-corrected chi connectivity index (χ0v) is 16.3. The summed E-state index contributed by atoms with van der Waals surface area (Å²) in [5, 5.41) is 0.966. The summed E-state index contributed by atoms with van der Waals surface area (Å²) in [7, 11) is 0. The Kier molecular flexibility index (Phi) is 6.61. The lowest BCUT2D eigenvalue weighted by Crippen LogP contribution is -2.06. The molecule has 0 aliphatic carbocycles. The molecular weight excluding hydrogens is 361 g/mol. The summed E-state index contributed by atoms with van der Waals surface area (Å²) in [5.41, 5.74) is 3.40. The van der Waals surface area contributed by atoms with Gasteiger partial charge in [-0.3, -0.25) is 0 Å². The van der Waals surface area contributed by atoms with Crippen molar-refractivity contribution < 1.29 is 17.9 Å². The Balaban J connectivity index is 1.95. The topological polar surface area (TPSA) is 9.23 Å². The summed E-state index contributed by atoms with van der Waals surface area (Å²) in [4.78, 5) is 0. The smallest absolute Gasteiger partial charge is 0.387 e. The van der Waals surface area contributed by atoms with Gasteiger partial charge in [0.05, 0.1) is 0 Å². The number of alkyl halides is 2. The van der Waals surface area contributed by atoms with Crippen LogP contribution in [0.15, 0.2) is 48.5 Å². The Bertz CT molecular complexity index is 933. The van der Waals surface area contributed by atoms with Crippen LogP contribution in [0.4, 0.5) is 13.2 Å². The maximum Gasteiger partial charge on any atom is 0.387 e. The maximum atomic E-state index is 14.8. The van der Waals surface area contributed by atoms with Crippen molar-refractivity contribution in [3.05, 3.63) is 65.5 Å². The molecule has 0 heterocycles. The third-order valence-corrected chi connectivity index (χ3v) is 5.06. The third kappa shape index (κ3) is 4.49. The fraction of sp³-hybridized carbons (Fsp3) is 0.333. The molecule has 3 aromatic carbocycles. The molecule has 0 saturated heterocycles. The van der Waals surface area contributed by atoms with Crippen molar-refractivity contribution in [1.29, 1.82) is 0 Å². The van der Waals surface area contributed by atoms with Crippen LogP contribution in [0.2, 0.25) is 0 Å². The molecular formula is C24H25F3O. The number of rotatable bonds is 8. The van der Waals surface area contributed by atoms with Gasteiger partial charge in [-0.25, -0.2) is 4.39 Å². The molecule has 4 heteroatoms. The van der Waals surface area contributed by atoms with Gasteiger partial charge >= 0.3 is 6.61 Å². The molecule has 0 saturated carbocycles. The van der Waals surface area contributed by atoms with E-state index in [0.29, 0.717) is 10.8 Å². The van der Waals surface area contributed by atoms with E-state index >= 15 is 0 Å². The first-order valence-electron chi connectivity index (χ1n) is 9.82. The minimum Gasteiger partial charge on any atom is -0.434 e. The molecule has 0 radical (unpaired) electrons. The van der Waals surface area contributed by atoms with E-state index in [9.17, 15) is 13.2 Å². The van der Waals surface area contributed by atoms with Crippen molar-refractivity contribution in [3.63, 3.8) is 0 Å². The Morgan fingerprint density at radius 3 is 2.25 bits per heavy atom. The monoisotopic (exact) mass is 386 g/mol. The maximum absolute atomic E-state index is 14.8. The summed E-state index contributed by atoms with van der Waals surface area (Å²) >= 11 is 0. The average Bonchev–Trinajstić information content (AvgIpc) is 2.68. The van der Waals surface area contributed by atoms with E-state index in [2.05, 4.69) is 35.9 Å². The molecule has 0 atom stereocenters. The molecule has 0 bridgehead atoms. The highest BCUT2D eigenvalue weighted by Gasteiger charge is 2.16. The van der Waals surface area contributed by atoms with E-state index in [4.69, 9.17) is 0 Å². The number of unbranched alkanes of at least 4 members (excludes halogenated alkanes) is 2. The molecule has 0 N–H and O–H groups in total. The van der Waals surface area contributed by atoms with Crippen LogP contribution in [-0.2, 0) is 12.8 Å². The van der Waals surface area contributed by atoms with Crippen molar-refractivity contribution in [3.8, 4) is 16.9 Å². The van der Waals surface area contributed by atoms with Gasteiger partial charge in [0.15, 0.2) is 0 Å². The van der Waals surface area contributed by atoms with Crippen molar-refractivity contribution in [2.24, 2.45) is 0 Å². The number of hydrogen-bond acceptors (Lipinski definition) is 1. The van der Waals surface area contributed by atoms with Gasteiger partial charge in [-0.05, 0) is 53.5 Å². The average molecular weight is 386 g/mol. The van der Waals surface area contributed by atoms with E-state index in [1.807, 2.05) is 12.1 Å². The molecule has 0 aliphatic rings. The third-order valence-electron chi connectivity index (χ3n) is 5.06. The SMILES string of the molecule is CCCCCc1ccc(-c2ccc3c(F)c(CC)c(OC(F)F)cc3c2)cc1. The fourth-order valence-corrected chi connectivity index (χ4v) is 3.53. The van der Waals surface area contributed by atoms with E-state index in [0.717, 1.165) is 17.5 Å². The lowest BCUT2D eigenvalue weighted by molar-refractivity contribution is -0.0504. The van der Waals surface area contributed by atoms with Crippen LogP contribution >= 0.6 is 0 Å². The predicted octanol–water partition coefficient (Wildman–Crippen LogP) is 7.54. The largest absolute Gasteiger partial charge is 0.434 e. The summed E-state index contributed by atoms with van der Waals surface area (Å²) in [5.74, 6) is -0.584. The first-order chi connectivity index (χ1) is 13.5. The second kappa shape index (κ2) is 9.13. The van der Waals surface area contributed by atoms with Gasteiger partial charge in [-0.15, -0.1) is 0 Å². The number of fused-ring (bicyclic) bond motifs is 1. The Labute approximate surface area is 164 Å². The Morgan fingerprint density at radius 1 is 0.893 bits per heavy atom. The first kappa shape index (κ1) is 20.2. The van der Waals surface area contributed by atoms with Crippen LogP contribution in [0.3, 0.4) is 0 Å². The lowest BCUT2D eigenvalue weighted by Gasteiger charge is -2.14. The molecule has 0 aliphatic heterocycles. The van der Waals surface area contributed by atoms with E-state index in [-0.39, 0.29) is 17.7 Å². The standard InChI is InChI=1S/C24H25F3O/c1-3-5-6-7-16-8-10-17(11-9-16)18-12-13-21-19(14-18)15-22(28-24(26)27)20(4-2)23(21)25/h8-15,24H,3-7H2,1-2H3. The summed E-state index contributed by atoms with van der Waals surface area (Å²) in [6.45, 7) is 0.928. The molecule has 3 aromatic rings. The lowest BCUT2D eigenvalue weighted by atomic mass is 9.97. The second-order valence-electron chi connectivity index (χ2n) is 6.99. The summed E-state index contributed by atoms with van der Waals surface area (Å²) < 4.78 is 44.8. The van der Waals surface area contributed by atoms with Gasteiger partial charge in [0.25, 0.3) is 0 Å². The quantitative estimate of drug-likeness (QED) is 0.363. The van der Waals surface area contributed by atoms with Gasteiger partial charge in [-0.1, -0.05) is 63.1 Å². The summed E-state index contributed by atoms with van der Waals surface area (Å²) in [6, 6.07) is 15.2. The second-order valence-corrected chi connectivity index (χ2v) is 6.99. The molecule has 3 rings (SSSR count). The van der Waals surface area contributed by atoms with E-state index in [1.54, 1.807) is 13.0 Å². The molecule has 0 unspecified atom stereocenters. The van der Waals surface area contributed by atoms with Crippen LogP contribution in [0.25, 0.3) is 21.9 Å². The zero-order chi connectivity index (χ0) is 20.1. The van der Waals surface area contributed by atoms with Gasteiger partial charge in [0, 0.05) is 10.9 Å². The van der Waals surface area contributed by atoms with E-state index < -0.39 is 12.4 Å². The number of aryl methyl sites for hydroxylation is 1. The van der Waals surface area contributed by atoms with Crippen LogP contribution in [0.1, 0.15) is 44.2 Å². The fourth-order valence-electron chi connectivity index (χ4n) is 3.53. The molecule has 0 aromatic heterocycles.